The highest BCUT2D eigenvalue weighted by Gasteiger charge is 2.43. The number of ether oxygens (including phenoxy) is 1. The van der Waals surface area contributed by atoms with Crippen molar-refractivity contribution in [3.63, 3.8) is 0 Å². The van der Waals surface area contributed by atoms with Crippen LogP contribution in [0.2, 0.25) is 0 Å². The molecule has 2 aromatic rings. The summed E-state index contributed by atoms with van der Waals surface area (Å²) < 4.78 is 18.5. The molecule has 0 saturated carbocycles. The lowest BCUT2D eigenvalue weighted by Crippen LogP contribution is -2.36. The first-order valence-corrected chi connectivity index (χ1v) is 8.35. The quantitative estimate of drug-likeness (QED) is 0.433. The third kappa shape index (κ3) is 2.84. The number of fused-ring (bicyclic) bond motifs is 1. The fourth-order valence-electron chi connectivity index (χ4n) is 2.91. The number of esters is 1. The largest absolute Gasteiger partial charge is 0.466 e. The Morgan fingerprint density at radius 1 is 1.19 bits per heavy atom. The Morgan fingerprint density at radius 3 is 2.46 bits per heavy atom. The average Bonchev–Trinajstić information content (AvgIpc) is 2.89. The van der Waals surface area contributed by atoms with Gasteiger partial charge in [-0.3, -0.25) is 14.5 Å². The topological polar surface area (TPSA) is 63.7 Å². The summed E-state index contributed by atoms with van der Waals surface area (Å²) in [6.45, 7) is 3.74. The van der Waals surface area contributed by atoms with E-state index in [1.807, 2.05) is 0 Å². The molecule has 1 atom stereocenters. The second kappa shape index (κ2) is 6.84. The van der Waals surface area contributed by atoms with Gasteiger partial charge in [0.15, 0.2) is 0 Å². The molecule has 132 valence electrons. The molecule has 3 rings (SSSR count). The van der Waals surface area contributed by atoms with E-state index in [9.17, 15) is 18.8 Å². The number of anilines is 1. The first kappa shape index (κ1) is 18.0. The van der Waals surface area contributed by atoms with Gasteiger partial charge in [0.2, 0.25) is 0 Å². The fraction of sp³-hybridized carbons (Fsp3) is 0.105. The van der Waals surface area contributed by atoms with E-state index in [1.165, 1.54) is 36.3 Å². The number of amides is 1. The Morgan fingerprint density at radius 2 is 1.85 bits per heavy atom. The van der Waals surface area contributed by atoms with Crippen LogP contribution in [0.3, 0.4) is 0 Å². The van der Waals surface area contributed by atoms with Crippen molar-refractivity contribution >= 4 is 39.3 Å². The summed E-state index contributed by atoms with van der Waals surface area (Å²) in [4.78, 5) is 38.4. The third-order valence-electron chi connectivity index (χ3n) is 4.11. The van der Waals surface area contributed by atoms with Gasteiger partial charge in [0.25, 0.3) is 11.7 Å². The summed E-state index contributed by atoms with van der Waals surface area (Å²) in [7, 11) is 1.19. The Hall–Kier alpha value is -2.80. The third-order valence-corrected chi connectivity index (χ3v) is 4.77. The Balaban J connectivity index is 2.20. The van der Waals surface area contributed by atoms with Gasteiger partial charge in [0.05, 0.1) is 30.0 Å². The van der Waals surface area contributed by atoms with Crippen molar-refractivity contribution in [1.29, 1.82) is 0 Å². The summed E-state index contributed by atoms with van der Waals surface area (Å²) >= 11 is 3.27. The summed E-state index contributed by atoms with van der Waals surface area (Å²) in [5, 5.41) is 0. The summed E-state index contributed by atoms with van der Waals surface area (Å²) in [5.41, 5.74) is 0.930. The van der Waals surface area contributed by atoms with Crippen LogP contribution in [-0.4, -0.2) is 24.8 Å². The van der Waals surface area contributed by atoms with Crippen LogP contribution in [0.1, 0.15) is 22.0 Å². The maximum atomic E-state index is 13.3. The number of nitrogens with zero attached hydrogens (tertiary/aromatic N) is 1. The van der Waals surface area contributed by atoms with Crippen LogP contribution in [-0.2, 0) is 14.3 Å². The lowest BCUT2D eigenvalue weighted by atomic mass is 9.97. The predicted molar refractivity (Wildman–Crippen MR) is 96.3 cm³/mol. The van der Waals surface area contributed by atoms with Crippen molar-refractivity contribution in [2.24, 2.45) is 0 Å². The first-order valence-electron chi connectivity index (χ1n) is 7.55. The summed E-state index contributed by atoms with van der Waals surface area (Å²) in [6, 6.07) is 9.19. The molecule has 0 bridgehead atoms. The van der Waals surface area contributed by atoms with Crippen LogP contribution in [0.5, 0.6) is 0 Å². The number of hydrogen-bond donors (Lipinski definition) is 0. The van der Waals surface area contributed by atoms with Gasteiger partial charge in [-0.2, -0.15) is 0 Å². The predicted octanol–water partition coefficient (Wildman–Crippen LogP) is 3.59. The molecule has 1 amide bonds. The molecular formula is C19H13BrFNO4. The molecule has 5 nitrogen and oxygen atoms in total. The number of Topliss-reactive ketones (excluding diaryl/α,β-unsaturated/α-hetero) is 1. The monoisotopic (exact) mass is 417 g/mol. The minimum Gasteiger partial charge on any atom is -0.466 e. The maximum absolute atomic E-state index is 13.3. The number of rotatable bonds is 4. The molecule has 1 aliphatic heterocycles. The second-order valence-corrected chi connectivity index (χ2v) is 6.46. The molecule has 0 spiro atoms. The number of hydrogen-bond acceptors (Lipinski definition) is 4. The van der Waals surface area contributed by atoms with Gasteiger partial charge in [0, 0.05) is 4.47 Å². The average molecular weight is 418 g/mol. The van der Waals surface area contributed by atoms with Gasteiger partial charge >= 0.3 is 5.97 Å². The van der Waals surface area contributed by atoms with E-state index in [0.29, 0.717) is 15.7 Å². The van der Waals surface area contributed by atoms with Crippen LogP contribution < -0.4 is 4.90 Å². The number of benzene rings is 2. The SMILES string of the molecule is C=C(C(=O)OC)[C@H](c1ccc(F)cc1)N1C(=O)C(=O)c2c(Br)cccc21. The molecule has 0 fully saturated rings. The van der Waals surface area contributed by atoms with Gasteiger partial charge in [-0.15, -0.1) is 0 Å². The van der Waals surface area contributed by atoms with E-state index in [4.69, 9.17) is 4.74 Å². The highest BCUT2D eigenvalue weighted by Crippen LogP contribution is 2.41. The van der Waals surface area contributed by atoms with Gasteiger partial charge in [-0.05, 0) is 45.8 Å². The molecule has 2 aromatic carbocycles. The number of halogens is 2. The molecule has 26 heavy (non-hydrogen) atoms. The van der Waals surface area contributed by atoms with Crippen molar-refractivity contribution < 1.29 is 23.5 Å². The first-order chi connectivity index (χ1) is 12.4. The zero-order valence-corrected chi connectivity index (χ0v) is 15.2. The van der Waals surface area contributed by atoms with Gasteiger partial charge < -0.3 is 4.74 Å². The van der Waals surface area contributed by atoms with Gasteiger partial charge in [-0.1, -0.05) is 24.8 Å². The highest BCUT2D eigenvalue weighted by atomic mass is 79.9. The molecule has 0 aromatic heterocycles. The summed E-state index contributed by atoms with van der Waals surface area (Å²) in [6.07, 6.45) is 0. The normalized spacial score (nSPS) is 14.2. The Labute approximate surface area is 157 Å². The van der Waals surface area contributed by atoms with E-state index >= 15 is 0 Å². The lowest BCUT2D eigenvalue weighted by Gasteiger charge is -2.29. The molecule has 1 aliphatic rings. The van der Waals surface area contributed by atoms with Crippen molar-refractivity contribution in [2.45, 2.75) is 6.04 Å². The van der Waals surface area contributed by atoms with Crippen LogP contribution in [0, 0.1) is 5.82 Å². The maximum Gasteiger partial charge on any atom is 0.335 e. The lowest BCUT2D eigenvalue weighted by molar-refractivity contribution is -0.136. The van der Waals surface area contributed by atoms with E-state index in [1.54, 1.807) is 18.2 Å². The van der Waals surface area contributed by atoms with E-state index in [-0.39, 0.29) is 11.1 Å². The number of methoxy groups -OCH3 is 1. The van der Waals surface area contributed by atoms with Crippen LogP contribution in [0.15, 0.2) is 59.1 Å². The second-order valence-electron chi connectivity index (χ2n) is 5.61. The minimum atomic E-state index is -1.00. The van der Waals surface area contributed by atoms with Crippen molar-refractivity contribution in [2.75, 3.05) is 12.0 Å². The number of ketones is 1. The highest BCUT2D eigenvalue weighted by molar-refractivity contribution is 9.10. The molecule has 1 heterocycles. The number of carbonyl (C=O) groups is 3. The summed E-state index contributed by atoms with van der Waals surface area (Å²) in [5.74, 6) is -2.70. The smallest absolute Gasteiger partial charge is 0.335 e. The minimum absolute atomic E-state index is 0.0481. The number of carbonyl (C=O) groups excluding carboxylic acids is 3. The van der Waals surface area contributed by atoms with E-state index < -0.39 is 29.5 Å². The zero-order valence-electron chi connectivity index (χ0n) is 13.7. The molecule has 7 heteroatoms. The van der Waals surface area contributed by atoms with Gasteiger partial charge in [0.1, 0.15) is 5.82 Å². The fourth-order valence-corrected chi connectivity index (χ4v) is 3.45. The molecule has 0 saturated heterocycles. The standard InChI is InChI=1S/C19H13BrFNO4/c1-10(19(25)26-2)16(11-6-8-12(21)9-7-11)22-14-5-3-4-13(20)15(14)17(23)18(22)24/h3-9,16H,1H2,2H3/t16-/m1/s1. The van der Waals surface area contributed by atoms with Gasteiger partial charge in [-0.25, -0.2) is 9.18 Å². The van der Waals surface area contributed by atoms with Crippen molar-refractivity contribution in [1.82, 2.24) is 0 Å². The van der Waals surface area contributed by atoms with Crippen molar-refractivity contribution in [3.05, 3.63) is 76.0 Å². The van der Waals surface area contributed by atoms with Crippen LogP contribution >= 0.6 is 15.9 Å². The molecule has 0 radical (unpaired) electrons. The van der Waals surface area contributed by atoms with Crippen LogP contribution in [0.4, 0.5) is 10.1 Å². The molecule has 0 aliphatic carbocycles. The molecule has 0 N–H and O–H groups in total. The zero-order chi connectivity index (χ0) is 19.0. The molecule has 0 unspecified atom stereocenters. The van der Waals surface area contributed by atoms with E-state index in [0.717, 1.165) is 0 Å². The van der Waals surface area contributed by atoms with E-state index in [2.05, 4.69) is 22.5 Å². The molecular weight excluding hydrogens is 405 g/mol. The Bertz CT molecular complexity index is 939. The van der Waals surface area contributed by atoms with Crippen molar-refractivity contribution in [3.8, 4) is 0 Å². The Kier molecular flexibility index (Phi) is 4.73. The van der Waals surface area contributed by atoms with Crippen LogP contribution in [0.25, 0.3) is 0 Å².